The minimum absolute atomic E-state index is 1.24. The van der Waals surface area contributed by atoms with Crippen molar-refractivity contribution in [1.29, 1.82) is 0 Å². The van der Waals surface area contributed by atoms with Crippen LogP contribution in [-0.4, -0.2) is 8.07 Å². The topological polar surface area (TPSA) is 0 Å². The monoisotopic (exact) mass is 216 g/mol. The molecule has 1 heterocycles. The molecule has 0 amide bonds. The van der Waals surface area contributed by atoms with Crippen LogP contribution in [-0.2, 0) is 0 Å². The highest BCUT2D eigenvalue weighted by Crippen LogP contribution is 2.29. The maximum absolute atomic E-state index is 2.59. The fourth-order valence-corrected chi connectivity index (χ4v) is 5.28. The Hall–Kier alpha value is -0.823. The summed E-state index contributed by atoms with van der Waals surface area (Å²) in [4.78, 5) is 0. The third-order valence-corrected chi connectivity index (χ3v) is 6.20. The summed E-state index contributed by atoms with van der Waals surface area (Å²) in [7, 11) is -1.24. The molecule has 0 atom stereocenters. The van der Waals surface area contributed by atoms with Gasteiger partial charge in [0, 0.05) is 0 Å². The maximum atomic E-state index is 2.59. The van der Waals surface area contributed by atoms with Crippen molar-refractivity contribution >= 4 is 18.8 Å². The van der Waals surface area contributed by atoms with Gasteiger partial charge >= 0.3 is 0 Å². The third kappa shape index (κ3) is 1.93. The highest BCUT2D eigenvalue weighted by molar-refractivity contribution is 6.96. The molecule has 0 saturated heterocycles. The lowest BCUT2D eigenvalue weighted by atomic mass is 10.0. The molecule has 0 spiro atoms. The normalized spacial score (nSPS) is 17.4. The summed E-state index contributed by atoms with van der Waals surface area (Å²) >= 11 is 0. The number of hydrogen-bond donors (Lipinski definition) is 0. The van der Waals surface area contributed by atoms with Crippen LogP contribution in [0.5, 0.6) is 0 Å². The van der Waals surface area contributed by atoms with E-state index in [-0.39, 0.29) is 0 Å². The summed E-state index contributed by atoms with van der Waals surface area (Å²) in [5.74, 6) is 0. The van der Waals surface area contributed by atoms with E-state index in [0.717, 1.165) is 0 Å². The van der Waals surface area contributed by atoms with Crippen LogP contribution >= 0.6 is 0 Å². The first-order chi connectivity index (χ1) is 7.15. The van der Waals surface area contributed by atoms with E-state index in [9.17, 15) is 0 Å². The molecule has 2 rings (SSSR count). The lowest BCUT2D eigenvalue weighted by molar-refractivity contribution is 0.825. The predicted octanol–water partition coefficient (Wildman–Crippen LogP) is 3.73. The van der Waals surface area contributed by atoms with Crippen LogP contribution < -0.4 is 5.19 Å². The summed E-state index contributed by atoms with van der Waals surface area (Å²) in [6.07, 6.45) is 3.89. The van der Waals surface area contributed by atoms with Gasteiger partial charge in [-0.2, -0.15) is 0 Å². The van der Waals surface area contributed by atoms with E-state index >= 15 is 0 Å². The second-order valence-corrected chi connectivity index (χ2v) is 9.31. The number of hydrogen-bond acceptors (Lipinski definition) is 0. The average molecular weight is 216 g/mol. The molecule has 0 N–H and O–H groups in total. The van der Waals surface area contributed by atoms with Crippen molar-refractivity contribution in [2.24, 2.45) is 0 Å². The minimum atomic E-state index is -1.24. The average Bonchev–Trinajstić information content (AvgIpc) is 2.49. The molecule has 1 aromatic rings. The summed E-state index contributed by atoms with van der Waals surface area (Å²) < 4.78 is 0. The van der Waals surface area contributed by atoms with Crippen molar-refractivity contribution < 1.29 is 0 Å². The van der Waals surface area contributed by atoms with E-state index in [0.29, 0.717) is 0 Å². The van der Waals surface area contributed by atoms with Gasteiger partial charge in [0.15, 0.2) is 0 Å². The Labute approximate surface area is 94.0 Å². The van der Waals surface area contributed by atoms with Gasteiger partial charge < -0.3 is 0 Å². The zero-order valence-corrected chi connectivity index (χ0v) is 11.0. The lowest BCUT2D eigenvalue weighted by Gasteiger charge is -2.14. The molecule has 1 heteroatoms. The lowest BCUT2D eigenvalue weighted by Crippen LogP contribution is -2.37. The number of benzene rings is 1. The Balaban J connectivity index is 2.35. The first kappa shape index (κ1) is 10.7. The summed E-state index contributed by atoms with van der Waals surface area (Å²) in [5.41, 5.74) is 5.75. The van der Waals surface area contributed by atoms with Crippen LogP contribution in [0.4, 0.5) is 0 Å². The van der Waals surface area contributed by atoms with Crippen molar-refractivity contribution in [2.45, 2.75) is 39.3 Å². The first-order valence-corrected chi connectivity index (χ1v) is 9.04. The standard InChI is InChI=1S/C14H20Si/c1-4-5-8-12-11-15(2,3)14-10-7-6-9-13(12)14/h6-7,9-11H,4-5,8H2,1-3H3. The second-order valence-electron chi connectivity index (χ2n) is 5.04. The van der Waals surface area contributed by atoms with Crippen LogP contribution in [0.15, 0.2) is 30.0 Å². The quantitative estimate of drug-likeness (QED) is 0.675. The predicted molar refractivity (Wildman–Crippen MR) is 71.1 cm³/mol. The van der Waals surface area contributed by atoms with Crippen LogP contribution in [0.25, 0.3) is 5.57 Å². The van der Waals surface area contributed by atoms with Crippen molar-refractivity contribution in [1.82, 2.24) is 0 Å². The Kier molecular flexibility index (Phi) is 2.83. The van der Waals surface area contributed by atoms with Gasteiger partial charge in [-0.25, -0.2) is 0 Å². The second kappa shape index (κ2) is 3.97. The van der Waals surface area contributed by atoms with Gasteiger partial charge in [-0.3, -0.25) is 0 Å². The van der Waals surface area contributed by atoms with Crippen LogP contribution in [0.3, 0.4) is 0 Å². The molecule has 0 fully saturated rings. The third-order valence-electron chi connectivity index (χ3n) is 3.30. The maximum Gasteiger partial charge on any atom is 0.105 e. The highest BCUT2D eigenvalue weighted by atomic mass is 28.3. The van der Waals surface area contributed by atoms with E-state index in [1.165, 1.54) is 19.3 Å². The molecule has 0 aliphatic carbocycles. The Bertz CT molecular complexity index is 388. The van der Waals surface area contributed by atoms with Crippen molar-refractivity contribution in [3.05, 3.63) is 35.5 Å². The molecular weight excluding hydrogens is 196 g/mol. The molecule has 0 aromatic heterocycles. The molecule has 0 saturated carbocycles. The molecule has 1 aliphatic heterocycles. The SMILES string of the molecule is CCCCC1=C[Si](C)(C)c2ccccc21. The van der Waals surface area contributed by atoms with Gasteiger partial charge in [-0.1, -0.05) is 56.4 Å². The van der Waals surface area contributed by atoms with Gasteiger partial charge in [0.1, 0.15) is 8.07 Å². The summed E-state index contributed by atoms with van der Waals surface area (Å²) in [6.45, 7) is 7.17. The van der Waals surface area contributed by atoms with Gasteiger partial charge in [0.05, 0.1) is 0 Å². The Morgan fingerprint density at radius 1 is 1.13 bits per heavy atom. The van der Waals surface area contributed by atoms with E-state index in [1.54, 1.807) is 16.3 Å². The molecule has 0 nitrogen and oxygen atoms in total. The summed E-state index contributed by atoms with van der Waals surface area (Å²) in [5, 5.41) is 1.64. The van der Waals surface area contributed by atoms with Crippen molar-refractivity contribution in [3.8, 4) is 0 Å². The fraction of sp³-hybridized carbons (Fsp3) is 0.429. The smallest absolute Gasteiger partial charge is 0.0864 e. The highest BCUT2D eigenvalue weighted by Gasteiger charge is 2.30. The molecule has 80 valence electrons. The largest absolute Gasteiger partial charge is 0.105 e. The van der Waals surface area contributed by atoms with E-state index in [2.05, 4.69) is 50.0 Å². The summed E-state index contributed by atoms with van der Waals surface area (Å²) in [6, 6.07) is 8.99. The number of allylic oxidation sites excluding steroid dienone is 1. The number of unbranched alkanes of at least 4 members (excludes halogenated alkanes) is 1. The molecule has 1 aromatic carbocycles. The molecule has 0 unspecified atom stereocenters. The Morgan fingerprint density at radius 2 is 1.87 bits per heavy atom. The zero-order valence-electron chi connectivity index (χ0n) is 10.0. The van der Waals surface area contributed by atoms with Gasteiger partial charge in [0.2, 0.25) is 0 Å². The van der Waals surface area contributed by atoms with Crippen LogP contribution in [0.1, 0.15) is 31.7 Å². The van der Waals surface area contributed by atoms with E-state index in [4.69, 9.17) is 0 Å². The van der Waals surface area contributed by atoms with Crippen molar-refractivity contribution in [3.63, 3.8) is 0 Å². The molecule has 15 heavy (non-hydrogen) atoms. The first-order valence-electron chi connectivity index (χ1n) is 5.97. The number of rotatable bonds is 3. The minimum Gasteiger partial charge on any atom is -0.0864 e. The molecular formula is C14H20Si. The Morgan fingerprint density at radius 3 is 2.60 bits per heavy atom. The zero-order chi connectivity index (χ0) is 10.9. The number of fused-ring (bicyclic) bond motifs is 1. The molecule has 1 aliphatic rings. The molecule has 0 bridgehead atoms. The van der Waals surface area contributed by atoms with Crippen molar-refractivity contribution in [2.75, 3.05) is 0 Å². The fourth-order valence-electron chi connectivity index (χ4n) is 2.49. The van der Waals surface area contributed by atoms with Crippen LogP contribution in [0, 0.1) is 0 Å². The van der Waals surface area contributed by atoms with Gasteiger partial charge in [-0.05, 0) is 29.2 Å². The van der Waals surface area contributed by atoms with E-state index < -0.39 is 8.07 Å². The van der Waals surface area contributed by atoms with Gasteiger partial charge in [0.25, 0.3) is 0 Å². The molecule has 0 radical (unpaired) electrons. The van der Waals surface area contributed by atoms with E-state index in [1.807, 2.05) is 0 Å². The van der Waals surface area contributed by atoms with Crippen LogP contribution in [0.2, 0.25) is 13.1 Å². The van der Waals surface area contributed by atoms with Gasteiger partial charge in [-0.15, -0.1) is 0 Å².